The predicted octanol–water partition coefficient (Wildman–Crippen LogP) is 3.51. The van der Waals surface area contributed by atoms with Crippen LogP contribution in [0.3, 0.4) is 0 Å². The first-order chi connectivity index (χ1) is 9.09. The Bertz CT molecular complexity index is 592. The third-order valence-electron chi connectivity index (χ3n) is 2.90. The number of benzene rings is 1. The average molecular weight is 386 g/mol. The number of pyridine rings is 1. The maximum Gasteiger partial charge on any atom is 0.252 e. The van der Waals surface area contributed by atoms with E-state index in [1.807, 2.05) is 37.3 Å². The van der Waals surface area contributed by atoms with Crippen LogP contribution in [0.4, 0.5) is 0 Å². The highest BCUT2D eigenvalue weighted by Gasteiger charge is 2.25. The number of alkyl halides is 2. The van der Waals surface area contributed by atoms with Gasteiger partial charge in [0.1, 0.15) is 0 Å². The lowest BCUT2D eigenvalue weighted by molar-refractivity contribution is 0.0924. The molecule has 3 nitrogen and oxygen atoms in total. The van der Waals surface area contributed by atoms with Crippen molar-refractivity contribution < 1.29 is 4.79 Å². The van der Waals surface area contributed by atoms with Gasteiger partial charge in [0.25, 0.3) is 5.91 Å². The van der Waals surface area contributed by atoms with E-state index in [0.717, 1.165) is 10.9 Å². The first-order valence-corrected chi connectivity index (χ1v) is 8.12. The van der Waals surface area contributed by atoms with Crippen molar-refractivity contribution in [3.63, 3.8) is 0 Å². The molecule has 2 aromatic rings. The molecule has 1 aromatic heterocycles. The first-order valence-electron chi connectivity index (χ1n) is 5.88. The van der Waals surface area contributed by atoms with Crippen molar-refractivity contribution in [1.82, 2.24) is 10.3 Å². The zero-order valence-electron chi connectivity index (χ0n) is 10.5. The van der Waals surface area contributed by atoms with Gasteiger partial charge in [-0.3, -0.25) is 9.78 Å². The fourth-order valence-corrected chi connectivity index (χ4v) is 2.95. The molecule has 5 heteroatoms. The summed E-state index contributed by atoms with van der Waals surface area (Å²) in [5.41, 5.74) is 1.16. The molecule has 0 saturated heterocycles. The first kappa shape index (κ1) is 14.5. The van der Waals surface area contributed by atoms with Crippen LogP contribution in [-0.4, -0.2) is 27.1 Å². The van der Waals surface area contributed by atoms with Crippen LogP contribution in [-0.2, 0) is 0 Å². The fraction of sp³-hybridized carbons (Fsp3) is 0.286. The lowest BCUT2D eigenvalue weighted by atomic mass is 10.0. The topological polar surface area (TPSA) is 42.0 Å². The van der Waals surface area contributed by atoms with Crippen LogP contribution >= 0.6 is 31.9 Å². The number of nitrogens with one attached hydrogen (secondary N) is 1. The van der Waals surface area contributed by atoms with Gasteiger partial charge in [0.15, 0.2) is 0 Å². The lowest BCUT2D eigenvalue weighted by Crippen LogP contribution is -2.49. The van der Waals surface area contributed by atoms with Gasteiger partial charge < -0.3 is 5.32 Å². The fourth-order valence-electron chi connectivity index (χ4n) is 1.75. The van der Waals surface area contributed by atoms with Gasteiger partial charge in [-0.15, -0.1) is 0 Å². The molecular formula is C14H14Br2N2O. The smallest absolute Gasteiger partial charge is 0.252 e. The van der Waals surface area contributed by atoms with E-state index in [2.05, 4.69) is 42.2 Å². The van der Waals surface area contributed by atoms with Crippen LogP contribution in [0.2, 0.25) is 0 Å². The summed E-state index contributed by atoms with van der Waals surface area (Å²) in [4.78, 5) is 16.7. The summed E-state index contributed by atoms with van der Waals surface area (Å²) in [6, 6.07) is 9.33. The number of halogens is 2. The molecule has 0 aliphatic rings. The Kier molecular flexibility index (Phi) is 4.58. The van der Waals surface area contributed by atoms with Gasteiger partial charge >= 0.3 is 0 Å². The molecule has 2 rings (SSSR count). The summed E-state index contributed by atoms with van der Waals surface area (Å²) in [7, 11) is 0. The zero-order chi connectivity index (χ0) is 13.9. The largest absolute Gasteiger partial charge is 0.345 e. The van der Waals surface area contributed by atoms with Crippen molar-refractivity contribution in [3.8, 4) is 0 Å². The normalized spacial score (nSPS) is 11.5. The second-order valence-corrected chi connectivity index (χ2v) is 5.78. The predicted molar refractivity (Wildman–Crippen MR) is 85.2 cm³/mol. The van der Waals surface area contributed by atoms with Gasteiger partial charge in [0.2, 0.25) is 0 Å². The van der Waals surface area contributed by atoms with Crippen molar-refractivity contribution in [2.24, 2.45) is 0 Å². The van der Waals surface area contributed by atoms with Gasteiger partial charge in [-0.05, 0) is 25.1 Å². The molecule has 0 saturated carbocycles. The second kappa shape index (κ2) is 6.01. The molecule has 0 atom stereocenters. The summed E-state index contributed by atoms with van der Waals surface area (Å²) in [6.45, 7) is 1.98. The van der Waals surface area contributed by atoms with Crippen LogP contribution in [0, 0.1) is 0 Å². The third-order valence-corrected chi connectivity index (χ3v) is 5.37. The molecule has 0 radical (unpaired) electrons. The molecule has 0 aliphatic carbocycles. The summed E-state index contributed by atoms with van der Waals surface area (Å²) < 4.78 is 0. The van der Waals surface area contributed by atoms with Crippen molar-refractivity contribution in [3.05, 3.63) is 42.1 Å². The van der Waals surface area contributed by atoms with Crippen LogP contribution in [0.25, 0.3) is 10.9 Å². The Hall–Kier alpha value is -0.940. The number of nitrogens with zero attached hydrogens (tertiary/aromatic N) is 1. The monoisotopic (exact) mass is 384 g/mol. The lowest BCUT2D eigenvalue weighted by Gasteiger charge is -2.26. The van der Waals surface area contributed by atoms with E-state index in [4.69, 9.17) is 0 Å². The number of aromatic nitrogens is 1. The summed E-state index contributed by atoms with van der Waals surface area (Å²) >= 11 is 6.85. The van der Waals surface area contributed by atoms with Crippen molar-refractivity contribution >= 4 is 48.7 Å². The molecule has 0 unspecified atom stereocenters. The summed E-state index contributed by atoms with van der Waals surface area (Å²) in [6.07, 6.45) is 1.73. The highest BCUT2D eigenvalue weighted by atomic mass is 79.9. The minimum Gasteiger partial charge on any atom is -0.345 e. The Labute approximate surface area is 129 Å². The second-order valence-electron chi connectivity index (χ2n) is 4.66. The molecule has 100 valence electrons. The Morgan fingerprint density at radius 3 is 2.68 bits per heavy atom. The summed E-state index contributed by atoms with van der Waals surface area (Å²) in [5, 5.41) is 5.27. The minimum atomic E-state index is -0.318. The average Bonchev–Trinajstić information content (AvgIpc) is 2.46. The molecule has 0 bridgehead atoms. The standard InChI is InChI=1S/C14H14Br2N2O/c1-14(8-15,9-16)18-13(19)11-4-2-6-12-10(11)5-3-7-17-12/h2-7H,8-9H2,1H3,(H,18,19). The van der Waals surface area contributed by atoms with Crippen LogP contribution in [0.1, 0.15) is 17.3 Å². The Morgan fingerprint density at radius 2 is 2.00 bits per heavy atom. The number of rotatable bonds is 4. The maximum absolute atomic E-state index is 12.4. The number of hydrogen-bond donors (Lipinski definition) is 1. The Balaban J connectivity index is 2.37. The zero-order valence-corrected chi connectivity index (χ0v) is 13.7. The van der Waals surface area contributed by atoms with E-state index in [9.17, 15) is 4.79 Å². The van der Waals surface area contributed by atoms with E-state index < -0.39 is 0 Å². The third kappa shape index (κ3) is 3.15. The molecule has 0 aliphatic heterocycles. The van der Waals surface area contributed by atoms with Gasteiger partial charge in [-0.25, -0.2) is 0 Å². The van der Waals surface area contributed by atoms with E-state index in [-0.39, 0.29) is 11.4 Å². The molecule has 1 N–H and O–H groups in total. The molecule has 0 spiro atoms. The number of hydrogen-bond acceptors (Lipinski definition) is 2. The number of amides is 1. The highest BCUT2D eigenvalue weighted by molar-refractivity contribution is 9.09. The van der Waals surface area contributed by atoms with E-state index in [1.165, 1.54) is 0 Å². The van der Waals surface area contributed by atoms with E-state index in [0.29, 0.717) is 16.2 Å². The minimum absolute atomic E-state index is 0.0833. The number of fused-ring (bicyclic) bond motifs is 1. The van der Waals surface area contributed by atoms with Gasteiger partial charge in [-0.1, -0.05) is 44.0 Å². The van der Waals surface area contributed by atoms with Gasteiger partial charge in [-0.2, -0.15) is 0 Å². The molecule has 1 amide bonds. The van der Waals surface area contributed by atoms with Crippen LogP contribution in [0.15, 0.2) is 36.5 Å². The van der Waals surface area contributed by atoms with Crippen molar-refractivity contribution in [2.75, 3.05) is 10.7 Å². The number of carbonyl (C=O) groups excluding carboxylic acids is 1. The molecule has 1 aromatic carbocycles. The maximum atomic E-state index is 12.4. The van der Waals surface area contributed by atoms with E-state index in [1.54, 1.807) is 6.20 Å². The molecule has 0 fully saturated rings. The number of carbonyl (C=O) groups is 1. The molecular weight excluding hydrogens is 372 g/mol. The van der Waals surface area contributed by atoms with Crippen LogP contribution < -0.4 is 5.32 Å². The highest BCUT2D eigenvalue weighted by Crippen LogP contribution is 2.18. The van der Waals surface area contributed by atoms with Crippen LogP contribution in [0.5, 0.6) is 0 Å². The van der Waals surface area contributed by atoms with Crippen molar-refractivity contribution in [2.45, 2.75) is 12.5 Å². The summed E-state index contributed by atoms with van der Waals surface area (Å²) in [5.74, 6) is -0.0833. The Morgan fingerprint density at radius 1 is 1.26 bits per heavy atom. The van der Waals surface area contributed by atoms with Gasteiger partial charge in [0, 0.05) is 27.8 Å². The van der Waals surface area contributed by atoms with Gasteiger partial charge in [0.05, 0.1) is 11.1 Å². The SMILES string of the molecule is CC(CBr)(CBr)NC(=O)c1cccc2ncccc12. The molecule has 1 heterocycles. The molecule has 19 heavy (non-hydrogen) atoms. The van der Waals surface area contributed by atoms with E-state index >= 15 is 0 Å². The van der Waals surface area contributed by atoms with Crippen molar-refractivity contribution in [1.29, 1.82) is 0 Å². The quantitative estimate of drug-likeness (QED) is 0.818.